The third-order valence-electron chi connectivity index (χ3n) is 2.27. The molecule has 106 valence electrons. The summed E-state index contributed by atoms with van der Waals surface area (Å²) >= 11 is 0. The molecular weight excluding hydrogens is 261 g/mol. The lowest BCUT2D eigenvalue weighted by atomic mass is 10.2. The number of carbonyl (C=O) groups is 1. The fraction of sp³-hybridized carbons (Fsp3) is 0.417. The van der Waals surface area contributed by atoms with Crippen molar-refractivity contribution in [3.63, 3.8) is 0 Å². The molecule has 0 unspecified atom stereocenters. The second-order valence-corrected chi connectivity index (χ2v) is 3.89. The van der Waals surface area contributed by atoms with E-state index in [9.17, 15) is 18.0 Å². The first-order valence-electron chi connectivity index (χ1n) is 5.63. The van der Waals surface area contributed by atoms with Crippen LogP contribution in [0.3, 0.4) is 0 Å². The molecule has 0 aliphatic carbocycles. The lowest BCUT2D eigenvalue weighted by Crippen LogP contribution is -2.25. The fourth-order valence-corrected chi connectivity index (χ4v) is 1.33. The number of anilines is 1. The molecule has 1 amide bonds. The van der Waals surface area contributed by atoms with Crippen molar-refractivity contribution in [3.05, 3.63) is 29.8 Å². The molecule has 0 aliphatic rings. The van der Waals surface area contributed by atoms with Gasteiger partial charge in [0.2, 0.25) is 5.91 Å². The van der Waals surface area contributed by atoms with Crippen molar-refractivity contribution in [1.82, 2.24) is 5.32 Å². The van der Waals surface area contributed by atoms with Crippen molar-refractivity contribution in [1.29, 1.82) is 0 Å². The zero-order chi connectivity index (χ0) is 14.3. The second kappa shape index (κ2) is 6.98. The Labute approximate surface area is 108 Å². The average molecular weight is 276 g/mol. The van der Waals surface area contributed by atoms with Gasteiger partial charge in [-0.2, -0.15) is 13.2 Å². The van der Waals surface area contributed by atoms with Crippen molar-refractivity contribution in [2.24, 2.45) is 0 Å². The fourth-order valence-electron chi connectivity index (χ4n) is 1.33. The van der Waals surface area contributed by atoms with Gasteiger partial charge in [-0.05, 0) is 11.6 Å². The number of nitrogen functional groups attached to an aromatic ring is 1. The summed E-state index contributed by atoms with van der Waals surface area (Å²) in [4.78, 5) is 11.3. The van der Waals surface area contributed by atoms with Gasteiger partial charge < -0.3 is 15.8 Å². The molecule has 0 radical (unpaired) electrons. The molecule has 0 aliphatic heterocycles. The maximum Gasteiger partial charge on any atom is 0.411 e. The van der Waals surface area contributed by atoms with Crippen molar-refractivity contribution < 1.29 is 22.7 Å². The molecule has 4 nitrogen and oxygen atoms in total. The molecular formula is C12H15F3N2O2. The van der Waals surface area contributed by atoms with Crippen LogP contribution in [-0.4, -0.2) is 25.3 Å². The van der Waals surface area contributed by atoms with E-state index in [2.05, 4.69) is 10.1 Å². The predicted octanol–water partition coefficient (Wildman–Crippen LogP) is 1.85. The van der Waals surface area contributed by atoms with E-state index in [1.165, 1.54) is 0 Å². The van der Waals surface area contributed by atoms with E-state index in [0.29, 0.717) is 5.69 Å². The zero-order valence-corrected chi connectivity index (χ0v) is 10.2. The Hall–Kier alpha value is -1.76. The molecule has 0 spiro atoms. The van der Waals surface area contributed by atoms with Crippen LogP contribution in [-0.2, 0) is 16.1 Å². The molecule has 0 heterocycles. The van der Waals surface area contributed by atoms with E-state index in [-0.39, 0.29) is 25.5 Å². The highest BCUT2D eigenvalue weighted by molar-refractivity contribution is 5.76. The number of para-hydroxylation sites is 1. The zero-order valence-electron chi connectivity index (χ0n) is 10.2. The Morgan fingerprint density at radius 1 is 1.32 bits per heavy atom. The third-order valence-corrected chi connectivity index (χ3v) is 2.27. The second-order valence-electron chi connectivity index (χ2n) is 3.89. The van der Waals surface area contributed by atoms with E-state index in [1.807, 2.05) is 0 Å². The minimum absolute atomic E-state index is 0.122. The van der Waals surface area contributed by atoms with E-state index in [0.717, 1.165) is 5.56 Å². The minimum Gasteiger partial charge on any atom is -0.398 e. The number of amides is 1. The topological polar surface area (TPSA) is 64.3 Å². The van der Waals surface area contributed by atoms with Gasteiger partial charge in [0.1, 0.15) is 6.61 Å². The molecule has 0 saturated heterocycles. The van der Waals surface area contributed by atoms with Crippen LogP contribution in [0.1, 0.15) is 12.0 Å². The first-order valence-corrected chi connectivity index (χ1v) is 5.63. The van der Waals surface area contributed by atoms with Gasteiger partial charge in [-0.15, -0.1) is 0 Å². The molecule has 0 fully saturated rings. The monoisotopic (exact) mass is 276 g/mol. The van der Waals surface area contributed by atoms with Crippen LogP contribution in [0.25, 0.3) is 0 Å². The smallest absolute Gasteiger partial charge is 0.398 e. The van der Waals surface area contributed by atoms with Crippen LogP contribution in [0.15, 0.2) is 24.3 Å². The lowest BCUT2D eigenvalue weighted by molar-refractivity contribution is -0.174. The summed E-state index contributed by atoms with van der Waals surface area (Å²) in [6.07, 6.45) is -4.49. The Kier molecular flexibility index (Phi) is 5.62. The van der Waals surface area contributed by atoms with E-state index >= 15 is 0 Å². The Balaban J connectivity index is 2.20. The Morgan fingerprint density at radius 3 is 2.63 bits per heavy atom. The third kappa shape index (κ3) is 6.66. The van der Waals surface area contributed by atoms with Gasteiger partial charge in [-0.1, -0.05) is 18.2 Å². The average Bonchev–Trinajstić information content (AvgIpc) is 2.32. The molecule has 0 saturated carbocycles. The summed E-state index contributed by atoms with van der Waals surface area (Å²) < 4.78 is 39.6. The molecule has 3 N–H and O–H groups in total. The summed E-state index contributed by atoms with van der Waals surface area (Å²) in [7, 11) is 0. The van der Waals surface area contributed by atoms with Gasteiger partial charge in [0.25, 0.3) is 0 Å². The minimum atomic E-state index is -4.37. The quantitative estimate of drug-likeness (QED) is 0.615. The molecule has 19 heavy (non-hydrogen) atoms. The van der Waals surface area contributed by atoms with E-state index in [4.69, 9.17) is 5.73 Å². The van der Waals surface area contributed by atoms with Crippen LogP contribution in [0.5, 0.6) is 0 Å². The number of benzene rings is 1. The summed E-state index contributed by atoms with van der Waals surface area (Å²) in [6, 6.07) is 7.01. The van der Waals surface area contributed by atoms with Crippen molar-refractivity contribution >= 4 is 11.6 Å². The van der Waals surface area contributed by atoms with Gasteiger partial charge in [-0.3, -0.25) is 4.79 Å². The number of nitrogens with one attached hydrogen (secondary N) is 1. The molecule has 7 heteroatoms. The molecule has 0 bridgehead atoms. The van der Waals surface area contributed by atoms with Gasteiger partial charge >= 0.3 is 6.18 Å². The largest absolute Gasteiger partial charge is 0.411 e. The number of hydrogen-bond acceptors (Lipinski definition) is 3. The van der Waals surface area contributed by atoms with Gasteiger partial charge in [0.05, 0.1) is 6.61 Å². The van der Waals surface area contributed by atoms with E-state index < -0.39 is 12.8 Å². The molecule has 0 atom stereocenters. The van der Waals surface area contributed by atoms with Crippen molar-refractivity contribution in [2.45, 2.75) is 19.1 Å². The van der Waals surface area contributed by atoms with Crippen LogP contribution >= 0.6 is 0 Å². The number of hydrogen-bond donors (Lipinski definition) is 2. The van der Waals surface area contributed by atoms with Gasteiger partial charge in [-0.25, -0.2) is 0 Å². The standard InChI is InChI=1S/C12H15F3N2O2/c13-12(14,15)8-19-6-5-11(18)17-7-9-3-1-2-4-10(9)16/h1-4H,5-8,16H2,(H,17,18). The Morgan fingerprint density at radius 2 is 2.00 bits per heavy atom. The number of nitrogens with two attached hydrogens (primary N) is 1. The van der Waals surface area contributed by atoms with Crippen molar-refractivity contribution in [2.75, 3.05) is 18.9 Å². The molecule has 0 aromatic heterocycles. The number of alkyl halides is 3. The maximum absolute atomic E-state index is 11.8. The summed E-state index contributed by atoms with van der Waals surface area (Å²) in [5, 5.41) is 2.56. The Bertz CT molecular complexity index is 422. The first kappa shape index (κ1) is 15.3. The number of halogens is 3. The predicted molar refractivity (Wildman–Crippen MR) is 64.2 cm³/mol. The highest BCUT2D eigenvalue weighted by Crippen LogP contribution is 2.14. The van der Waals surface area contributed by atoms with Crippen LogP contribution in [0.2, 0.25) is 0 Å². The molecule has 1 aromatic carbocycles. The highest BCUT2D eigenvalue weighted by atomic mass is 19.4. The SMILES string of the molecule is Nc1ccccc1CNC(=O)CCOCC(F)(F)F. The number of rotatable bonds is 6. The van der Waals surface area contributed by atoms with Crippen molar-refractivity contribution in [3.8, 4) is 0 Å². The molecule has 1 rings (SSSR count). The normalized spacial score (nSPS) is 11.3. The molecule has 1 aromatic rings. The van der Waals surface area contributed by atoms with Crippen LogP contribution in [0.4, 0.5) is 18.9 Å². The highest BCUT2D eigenvalue weighted by Gasteiger charge is 2.27. The summed E-state index contributed by atoms with van der Waals surface area (Å²) in [5.41, 5.74) is 6.98. The number of carbonyl (C=O) groups excluding carboxylic acids is 1. The van der Waals surface area contributed by atoms with Gasteiger partial charge in [0, 0.05) is 18.7 Å². The first-order chi connectivity index (χ1) is 8.88. The van der Waals surface area contributed by atoms with Crippen LogP contribution < -0.4 is 11.1 Å². The van der Waals surface area contributed by atoms with E-state index in [1.54, 1.807) is 24.3 Å². The summed E-state index contributed by atoms with van der Waals surface area (Å²) in [6.45, 7) is -1.37. The van der Waals surface area contributed by atoms with Gasteiger partial charge in [0.15, 0.2) is 0 Å². The van der Waals surface area contributed by atoms with Crippen LogP contribution in [0, 0.1) is 0 Å². The maximum atomic E-state index is 11.8. The number of ether oxygens (including phenoxy) is 1. The summed E-state index contributed by atoms with van der Waals surface area (Å²) in [5.74, 6) is -0.384. The lowest BCUT2D eigenvalue weighted by Gasteiger charge is -2.09.